The first-order chi connectivity index (χ1) is 12.4. The molecule has 0 spiro atoms. The highest BCUT2D eigenvalue weighted by Crippen LogP contribution is 2.31. The van der Waals surface area contributed by atoms with Crippen LogP contribution in [0.2, 0.25) is 10.0 Å². The Labute approximate surface area is 159 Å². The highest BCUT2D eigenvalue weighted by Gasteiger charge is 2.23. The van der Waals surface area contributed by atoms with Crippen molar-refractivity contribution in [3.8, 4) is 0 Å². The first-order valence-corrected chi connectivity index (χ1v) is 9.02. The maximum absolute atomic E-state index is 13.5. The van der Waals surface area contributed by atoms with E-state index in [9.17, 15) is 13.9 Å². The number of halogens is 4. The Kier molecular flexibility index (Phi) is 4.65. The van der Waals surface area contributed by atoms with Crippen molar-refractivity contribution in [2.75, 3.05) is 13.1 Å². The van der Waals surface area contributed by atoms with Gasteiger partial charge in [-0.25, -0.2) is 8.78 Å². The van der Waals surface area contributed by atoms with Gasteiger partial charge in [-0.3, -0.25) is 4.90 Å². The molecule has 0 bridgehead atoms. The van der Waals surface area contributed by atoms with Crippen molar-refractivity contribution in [2.45, 2.75) is 19.1 Å². The van der Waals surface area contributed by atoms with Crippen LogP contribution in [0.3, 0.4) is 0 Å². The summed E-state index contributed by atoms with van der Waals surface area (Å²) in [6.45, 7) is 1.69. The molecule has 4 rings (SSSR count). The second kappa shape index (κ2) is 6.82. The lowest BCUT2D eigenvalue weighted by molar-refractivity contribution is 0.105. The van der Waals surface area contributed by atoms with Crippen molar-refractivity contribution in [3.63, 3.8) is 0 Å². The van der Waals surface area contributed by atoms with Crippen molar-refractivity contribution >= 4 is 34.1 Å². The molecule has 136 valence electrons. The largest absolute Gasteiger partial charge is 0.387 e. The summed E-state index contributed by atoms with van der Waals surface area (Å²) in [5.41, 5.74) is 3.63. The van der Waals surface area contributed by atoms with Gasteiger partial charge in [0.15, 0.2) is 11.6 Å². The van der Waals surface area contributed by atoms with E-state index in [2.05, 4.69) is 9.88 Å². The Morgan fingerprint density at radius 1 is 1.19 bits per heavy atom. The van der Waals surface area contributed by atoms with Gasteiger partial charge >= 0.3 is 0 Å². The maximum Gasteiger partial charge on any atom is 0.177 e. The van der Waals surface area contributed by atoms with Gasteiger partial charge in [0.05, 0.1) is 11.1 Å². The molecule has 1 aliphatic heterocycles. The molecule has 0 saturated carbocycles. The van der Waals surface area contributed by atoms with Gasteiger partial charge in [-0.05, 0) is 47.9 Å². The predicted octanol–water partition coefficient (Wildman–Crippen LogP) is 4.84. The van der Waals surface area contributed by atoms with E-state index >= 15 is 0 Å². The number of aromatic amines is 1. The molecule has 26 heavy (non-hydrogen) atoms. The summed E-state index contributed by atoms with van der Waals surface area (Å²) in [6.07, 6.45) is -0.135. The summed E-state index contributed by atoms with van der Waals surface area (Å²) in [4.78, 5) is 5.47. The topological polar surface area (TPSA) is 39.3 Å². The second-order valence-electron chi connectivity index (χ2n) is 6.57. The average Bonchev–Trinajstić information content (AvgIpc) is 2.96. The van der Waals surface area contributed by atoms with Crippen LogP contribution in [0.15, 0.2) is 30.3 Å². The van der Waals surface area contributed by atoms with E-state index < -0.39 is 17.7 Å². The highest BCUT2D eigenvalue weighted by atomic mass is 35.5. The first-order valence-electron chi connectivity index (χ1n) is 8.26. The molecule has 2 N–H and O–H groups in total. The quantitative estimate of drug-likeness (QED) is 0.621. The predicted molar refractivity (Wildman–Crippen MR) is 98.6 cm³/mol. The molecule has 2 aromatic carbocycles. The molecule has 3 nitrogen and oxygen atoms in total. The van der Waals surface area contributed by atoms with Gasteiger partial charge in [0.2, 0.25) is 0 Å². The standard InChI is InChI=1S/C19H16Cl2F2N2O/c20-11-1-2-16-13(7-11)12-3-4-25(8-17(12)24-16)9-18(26)10-5-14(21)19(23)15(22)6-10/h1-2,5-7,18,24,26H,3-4,8-9H2. The summed E-state index contributed by atoms with van der Waals surface area (Å²) in [6, 6.07) is 8.02. The van der Waals surface area contributed by atoms with Gasteiger partial charge < -0.3 is 10.1 Å². The normalized spacial score (nSPS) is 16.0. The third-order valence-corrected chi connectivity index (χ3v) is 5.35. The number of aliphatic hydroxyl groups is 1. The molecule has 2 heterocycles. The van der Waals surface area contributed by atoms with Gasteiger partial charge in [0.25, 0.3) is 0 Å². The van der Waals surface area contributed by atoms with E-state index in [0.29, 0.717) is 18.1 Å². The van der Waals surface area contributed by atoms with Crippen molar-refractivity contribution in [1.82, 2.24) is 9.88 Å². The van der Waals surface area contributed by atoms with Crippen LogP contribution in [0.4, 0.5) is 8.78 Å². The number of nitrogens with one attached hydrogen (secondary N) is 1. The number of hydrogen-bond donors (Lipinski definition) is 2. The minimum Gasteiger partial charge on any atom is -0.387 e. The van der Waals surface area contributed by atoms with E-state index in [4.69, 9.17) is 23.2 Å². The Bertz CT molecular complexity index is 966. The second-order valence-corrected chi connectivity index (χ2v) is 7.42. The van der Waals surface area contributed by atoms with Crippen LogP contribution < -0.4 is 0 Å². The van der Waals surface area contributed by atoms with E-state index in [-0.39, 0.29) is 10.6 Å². The van der Waals surface area contributed by atoms with E-state index in [0.717, 1.165) is 35.6 Å². The van der Waals surface area contributed by atoms with Crippen LogP contribution in [0.1, 0.15) is 22.9 Å². The third kappa shape index (κ3) is 3.21. The number of nitrogens with zero attached hydrogens (tertiary/aromatic N) is 1. The number of H-pyrrole nitrogens is 1. The molecular formula is C19H16Cl2F2N2O. The van der Waals surface area contributed by atoms with Crippen LogP contribution in [-0.4, -0.2) is 28.1 Å². The van der Waals surface area contributed by atoms with E-state index in [1.807, 2.05) is 18.2 Å². The minimum atomic E-state index is -1.10. The van der Waals surface area contributed by atoms with Crippen molar-refractivity contribution < 1.29 is 13.9 Å². The Hall–Kier alpha value is -1.66. The molecule has 1 atom stereocenters. The number of benzene rings is 2. The fourth-order valence-corrected chi connectivity index (χ4v) is 3.93. The number of β-amino-alcohol motifs (C(OH)–C–C–N with tert-alkyl or cyclic N) is 1. The lowest BCUT2D eigenvalue weighted by atomic mass is 10.0. The molecule has 0 radical (unpaired) electrons. The molecule has 3 aromatic rings. The summed E-state index contributed by atoms with van der Waals surface area (Å²) in [5.74, 6) is -2.15. The number of aromatic nitrogens is 1. The van der Waals surface area contributed by atoms with E-state index in [1.165, 1.54) is 11.6 Å². The molecule has 1 unspecified atom stereocenters. The van der Waals surface area contributed by atoms with Crippen molar-refractivity contribution in [3.05, 3.63) is 68.8 Å². The molecular weight excluding hydrogens is 381 g/mol. The zero-order valence-corrected chi connectivity index (χ0v) is 15.2. The van der Waals surface area contributed by atoms with Crippen LogP contribution >= 0.6 is 23.2 Å². The van der Waals surface area contributed by atoms with Gasteiger partial charge in [-0.15, -0.1) is 0 Å². The van der Waals surface area contributed by atoms with Gasteiger partial charge in [-0.2, -0.15) is 0 Å². The molecule has 1 aromatic heterocycles. The zero-order valence-electron chi connectivity index (χ0n) is 13.7. The van der Waals surface area contributed by atoms with Crippen molar-refractivity contribution in [1.29, 1.82) is 0 Å². The summed E-state index contributed by atoms with van der Waals surface area (Å²) in [7, 11) is 0. The van der Waals surface area contributed by atoms with Crippen LogP contribution in [-0.2, 0) is 13.0 Å². The summed E-state index contributed by atoms with van der Waals surface area (Å²) in [5, 5.41) is 11.9. The lowest BCUT2D eigenvalue weighted by Crippen LogP contribution is -2.34. The third-order valence-electron chi connectivity index (χ3n) is 4.84. The maximum atomic E-state index is 13.5. The number of rotatable bonds is 3. The fourth-order valence-electron chi connectivity index (χ4n) is 3.54. The SMILES string of the molecule is OC(CN1CCc2c([nH]c3ccc(Cl)cc23)C1)c1cc(F)c(F)c(Cl)c1. The minimum absolute atomic E-state index is 0.267. The first kappa shape index (κ1) is 17.7. The van der Waals surface area contributed by atoms with Crippen LogP contribution in [0.25, 0.3) is 10.9 Å². The molecule has 7 heteroatoms. The van der Waals surface area contributed by atoms with Gasteiger partial charge in [0.1, 0.15) is 0 Å². The van der Waals surface area contributed by atoms with Gasteiger partial charge in [0, 0.05) is 41.3 Å². The highest BCUT2D eigenvalue weighted by molar-refractivity contribution is 6.31. The molecule has 0 amide bonds. The van der Waals surface area contributed by atoms with Crippen LogP contribution in [0, 0.1) is 11.6 Å². The Morgan fingerprint density at radius 3 is 2.77 bits per heavy atom. The molecule has 0 saturated heterocycles. The average molecular weight is 397 g/mol. The monoisotopic (exact) mass is 396 g/mol. The summed E-state index contributed by atoms with van der Waals surface area (Å²) >= 11 is 11.8. The fraction of sp³-hybridized carbons (Fsp3) is 0.263. The zero-order chi connectivity index (χ0) is 18.4. The van der Waals surface area contributed by atoms with Crippen LogP contribution in [0.5, 0.6) is 0 Å². The van der Waals surface area contributed by atoms with Crippen molar-refractivity contribution in [2.24, 2.45) is 0 Å². The molecule has 1 aliphatic rings. The Morgan fingerprint density at radius 2 is 2.00 bits per heavy atom. The number of fused-ring (bicyclic) bond motifs is 3. The van der Waals surface area contributed by atoms with E-state index in [1.54, 1.807) is 0 Å². The lowest BCUT2D eigenvalue weighted by Gasteiger charge is -2.29. The number of aliphatic hydroxyl groups excluding tert-OH is 1. The van der Waals surface area contributed by atoms with Gasteiger partial charge in [-0.1, -0.05) is 23.2 Å². The number of hydrogen-bond acceptors (Lipinski definition) is 2. The molecule has 0 aliphatic carbocycles. The Balaban J connectivity index is 1.53. The summed E-state index contributed by atoms with van der Waals surface area (Å²) < 4.78 is 26.8. The smallest absolute Gasteiger partial charge is 0.177 e. The molecule has 0 fully saturated rings.